The van der Waals surface area contributed by atoms with E-state index in [0.29, 0.717) is 5.92 Å². The van der Waals surface area contributed by atoms with Gasteiger partial charge in [0.15, 0.2) is 0 Å². The topological polar surface area (TPSA) is 41.1 Å². The van der Waals surface area contributed by atoms with Crippen LogP contribution in [0.3, 0.4) is 0 Å². The van der Waals surface area contributed by atoms with Crippen molar-refractivity contribution in [2.45, 2.75) is 6.42 Å². The van der Waals surface area contributed by atoms with Crippen LogP contribution >= 0.6 is 39.7 Å². The number of amides is 1. The monoisotopic (exact) mass is 324 g/mol. The number of nitrogens with one attached hydrogen (secondary N) is 2. The molecule has 2 rings (SSSR count). The van der Waals surface area contributed by atoms with Gasteiger partial charge in [0.1, 0.15) is 4.88 Å². The van der Waals surface area contributed by atoms with Crippen molar-refractivity contribution < 1.29 is 4.79 Å². The average molecular weight is 326 g/mol. The van der Waals surface area contributed by atoms with Gasteiger partial charge in [-0.1, -0.05) is 0 Å². The summed E-state index contributed by atoms with van der Waals surface area (Å²) < 4.78 is 0.884. The van der Waals surface area contributed by atoms with Gasteiger partial charge in [0.25, 0.3) is 5.91 Å². The van der Waals surface area contributed by atoms with Gasteiger partial charge in [0.2, 0.25) is 0 Å². The molecule has 3 nitrogen and oxygen atoms in total. The lowest BCUT2D eigenvalue weighted by Crippen LogP contribution is -2.29. The van der Waals surface area contributed by atoms with Crippen LogP contribution < -0.4 is 10.6 Å². The van der Waals surface area contributed by atoms with Crippen LogP contribution in [0, 0.1) is 5.92 Å². The predicted octanol–water partition coefficient (Wildman–Crippen LogP) is 2.27. The average Bonchev–Trinajstić information content (AvgIpc) is 2.84. The summed E-state index contributed by atoms with van der Waals surface area (Å²) in [5, 5.41) is 8.17. The highest BCUT2D eigenvalue weighted by Crippen LogP contribution is 2.22. The second kappa shape index (κ2) is 6.59. The Hall–Kier alpha value is -0.100. The van der Waals surface area contributed by atoms with E-state index >= 15 is 0 Å². The maximum atomic E-state index is 11.7. The zero-order valence-electron chi connectivity index (χ0n) is 8.66. The lowest BCUT2D eigenvalue weighted by atomic mass is 10.1. The van der Waals surface area contributed by atoms with Gasteiger partial charge in [-0.15, -0.1) is 23.7 Å². The summed E-state index contributed by atoms with van der Waals surface area (Å²) in [5.74, 6) is 0.622. The Kier molecular flexibility index (Phi) is 5.75. The summed E-state index contributed by atoms with van der Waals surface area (Å²) in [5.41, 5.74) is 0. The number of carbonyl (C=O) groups excluding carboxylic acids is 1. The Balaban J connectivity index is 0.00000128. The van der Waals surface area contributed by atoms with E-state index in [-0.39, 0.29) is 18.3 Å². The van der Waals surface area contributed by atoms with E-state index in [4.69, 9.17) is 0 Å². The van der Waals surface area contributed by atoms with E-state index < -0.39 is 0 Å². The van der Waals surface area contributed by atoms with Crippen LogP contribution in [0.2, 0.25) is 0 Å². The number of thiophene rings is 1. The van der Waals surface area contributed by atoms with E-state index in [9.17, 15) is 4.79 Å². The standard InChI is InChI=1S/C10H13BrN2OS.ClH/c11-8-2-4-15-9(8)10(14)13-6-7-1-3-12-5-7;/h2,4,7,12H,1,3,5-6H2,(H,13,14);1H. The fraction of sp³-hybridized carbons (Fsp3) is 0.500. The second-order valence-electron chi connectivity index (χ2n) is 3.67. The highest BCUT2D eigenvalue weighted by atomic mass is 79.9. The van der Waals surface area contributed by atoms with Gasteiger partial charge in [0, 0.05) is 11.0 Å². The van der Waals surface area contributed by atoms with Crippen molar-refractivity contribution in [1.82, 2.24) is 10.6 Å². The summed E-state index contributed by atoms with van der Waals surface area (Å²) in [6.45, 7) is 2.87. The summed E-state index contributed by atoms with van der Waals surface area (Å²) in [6.07, 6.45) is 1.16. The molecule has 16 heavy (non-hydrogen) atoms. The fourth-order valence-electron chi connectivity index (χ4n) is 1.66. The quantitative estimate of drug-likeness (QED) is 0.895. The lowest BCUT2D eigenvalue weighted by Gasteiger charge is -2.09. The van der Waals surface area contributed by atoms with Gasteiger partial charge in [-0.3, -0.25) is 4.79 Å². The van der Waals surface area contributed by atoms with Crippen LogP contribution in [-0.2, 0) is 0 Å². The number of halogens is 2. The molecule has 1 fully saturated rings. The van der Waals surface area contributed by atoms with Crippen molar-refractivity contribution in [2.24, 2.45) is 5.92 Å². The van der Waals surface area contributed by atoms with Crippen molar-refractivity contribution in [1.29, 1.82) is 0 Å². The molecule has 0 bridgehead atoms. The smallest absolute Gasteiger partial charge is 0.262 e. The van der Waals surface area contributed by atoms with Gasteiger partial charge >= 0.3 is 0 Å². The third-order valence-electron chi connectivity index (χ3n) is 2.54. The first kappa shape index (κ1) is 14.0. The highest BCUT2D eigenvalue weighted by Gasteiger charge is 2.17. The van der Waals surface area contributed by atoms with E-state index in [1.165, 1.54) is 11.3 Å². The van der Waals surface area contributed by atoms with E-state index in [2.05, 4.69) is 26.6 Å². The van der Waals surface area contributed by atoms with Crippen molar-refractivity contribution in [3.63, 3.8) is 0 Å². The molecule has 1 aliphatic rings. The predicted molar refractivity (Wildman–Crippen MR) is 72.6 cm³/mol. The first-order valence-corrected chi connectivity index (χ1v) is 6.66. The summed E-state index contributed by atoms with van der Waals surface area (Å²) in [4.78, 5) is 12.5. The number of carbonyl (C=O) groups is 1. The molecule has 0 aliphatic carbocycles. The molecule has 0 aromatic carbocycles. The second-order valence-corrected chi connectivity index (χ2v) is 5.44. The van der Waals surface area contributed by atoms with Crippen molar-refractivity contribution in [3.8, 4) is 0 Å². The van der Waals surface area contributed by atoms with Crippen LogP contribution in [0.5, 0.6) is 0 Å². The summed E-state index contributed by atoms with van der Waals surface area (Å²) >= 11 is 4.82. The van der Waals surface area contributed by atoms with Crippen molar-refractivity contribution in [2.75, 3.05) is 19.6 Å². The molecule has 1 saturated heterocycles. The van der Waals surface area contributed by atoms with Gasteiger partial charge in [0.05, 0.1) is 0 Å². The molecule has 1 aromatic heterocycles. The first-order valence-electron chi connectivity index (χ1n) is 4.99. The molecule has 1 aliphatic heterocycles. The molecule has 1 atom stereocenters. The van der Waals surface area contributed by atoms with Crippen LogP contribution in [0.1, 0.15) is 16.1 Å². The lowest BCUT2D eigenvalue weighted by molar-refractivity contribution is 0.0951. The number of rotatable bonds is 3. The zero-order chi connectivity index (χ0) is 10.7. The van der Waals surface area contributed by atoms with Gasteiger partial charge in [-0.05, 0) is 52.8 Å². The number of hydrogen-bond donors (Lipinski definition) is 2. The Morgan fingerprint density at radius 1 is 1.69 bits per heavy atom. The third-order valence-corrected chi connectivity index (χ3v) is 4.37. The SMILES string of the molecule is Cl.O=C(NCC1CCNC1)c1sccc1Br. The van der Waals surface area contributed by atoms with Crippen LogP contribution in [0.4, 0.5) is 0 Å². The minimum atomic E-state index is 0. The summed E-state index contributed by atoms with van der Waals surface area (Å²) in [7, 11) is 0. The van der Waals surface area contributed by atoms with Gasteiger partial charge < -0.3 is 10.6 Å². The molecule has 2 N–H and O–H groups in total. The Labute approximate surface area is 114 Å². The molecular weight excluding hydrogens is 312 g/mol. The van der Waals surface area contributed by atoms with E-state index in [1.807, 2.05) is 11.4 Å². The molecule has 1 aromatic rings. The Bertz CT molecular complexity index is 352. The zero-order valence-corrected chi connectivity index (χ0v) is 11.9. The molecule has 1 amide bonds. The minimum Gasteiger partial charge on any atom is -0.351 e. The normalized spacial score (nSPS) is 19.2. The van der Waals surface area contributed by atoms with E-state index in [1.54, 1.807) is 0 Å². The molecule has 1 unspecified atom stereocenters. The molecular formula is C10H14BrClN2OS. The Morgan fingerprint density at radius 3 is 3.06 bits per heavy atom. The van der Waals surface area contributed by atoms with Crippen LogP contribution in [0.15, 0.2) is 15.9 Å². The molecule has 0 saturated carbocycles. The van der Waals surface area contributed by atoms with Crippen molar-refractivity contribution in [3.05, 3.63) is 20.8 Å². The van der Waals surface area contributed by atoms with Crippen LogP contribution in [-0.4, -0.2) is 25.5 Å². The molecule has 0 spiro atoms. The fourth-order valence-corrected chi connectivity index (χ4v) is 3.13. The number of hydrogen-bond acceptors (Lipinski definition) is 3. The molecule has 6 heteroatoms. The molecule has 0 radical (unpaired) electrons. The summed E-state index contributed by atoms with van der Waals surface area (Å²) in [6, 6.07) is 1.90. The molecule has 90 valence electrons. The minimum absolute atomic E-state index is 0. The van der Waals surface area contributed by atoms with Crippen molar-refractivity contribution >= 4 is 45.6 Å². The molecule has 2 heterocycles. The highest BCUT2D eigenvalue weighted by molar-refractivity contribution is 9.10. The van der Waals surface area contributed by atoms with Crippen LogP contribution in [0.25, 0.3) is 0 Å². The Morgan fingerprint density at radius 2 is 2.50 bits per heavy atom. The van der Waals surface area contributed by atoms with E-state index in [0.717, 1.165) is 35.4 Å². The third kappa shape index (κ3) is 3.45. The maximum Gasteiger partial charge on any atom is 0.262 e. The van der Waals surface area contributed by atoms with Gasteiger partial charge in [-0.2, -0.15) is 0 Å². The van der Waals surface area contributed by atoms with Gasteiger partial charge in [-0.25, -0.2) is 0 Å². The largest absolute Gasteiger partial charge is 0.351 e. The first-order chi connectivity index (χ1) is 7.27. The maximum absolute atomic E-state index is 11.7.